The van der Waals surface area contributed by atoms with Crippen LogP contribution in [0.3, 0.4) is 0 Å². The highest BCUT2D eigenvalue weighted by Crippen LogP contribution is 2.28. The van der Waals surface area contributed by atoms with Crippen molar-refractivity contribution >= 4 is 17.4 Å². The number of hydrogen-bond acceptors (Lipinski definition) is 8. The van der Waals surface area contributed by atoms with Crippen LogP contribution in [0.5, 0.6) is 0 Å². The number of rotatable bonds is 5. The fourth-order valence-corrected chi connectivity index (χ4v) is 4.69. The Bertz CT molecular complexity index is 1640. The van der Waals surface area contributed by atoms with Crippen LogP contribution in [-0.2, 0) is 18.3 Å². The molecule has 5 aromatic rings. The summed E-state index contributed by atoms with van der Waals surface area (Å²) in [5.41, 5.74) is 5.06. The number of nitrogens with zero attached hydrogens (tertiary/aromatic N) is 10. The fraction of sp³-hybridized carbons (Fsp3) is 0.222. The lowest BCUT2D eigenvalue weighted by Crippen LogP contribution is -2.49. The molecule has 1 amide bonds. The number of carbonyl (C=O) groups is 1. The first-order valence-corrected chi connectivity index (χ1v) is 12.2. The first-order valence-electron chi connectivity index (χ1n) is 12.2. The summed E-state index contributed by atoms with van der Waals surface area (Å²) in [7, 11) is 1.87. The van der Waals surface area contributed by atoms with Crippen molar-refractivity contribution in [2.45, 2.75) is 6.42 Å². The molecule has 0 atom stereocenters. The van der Waals surface area contributed by atoms with Crippen LogP contribution in [0, 0.1) is 11.3 Å². The van der Waals surface area contributed by atoms with Crippen LogP contribution >= 0.6 is 0 Å². The monoisotopic (exact) mass is 504 g/mol. The highest BCUT2D eigenvalue weighted by Gasteiger charge is 2.23. The molecule has 1 fully saturated rings. The first-order chi connectivity index (χ1) is 18.6. The minimum Gasteiger partial charge on any atom is -0.352 e. The Morgan fingerprint density at radius 2 is 1.84 bits per heavy atom. The highest BCUT2D eigenvalue weighted by atomic mass is 16.2. The maximum Gasteiger partial charge on any atom is 0.228 e. The molecule has 0 bridgehead atoms. The number of amides is 1. The van der Waals surface area contributed by atoms with Crippen LogP contribution in [0.15, 0.2) is 67.5 Å². The number of aromatic nitrogens is 7. The topological polar surface area (TPSA) is 121 Å². The van der Waals surface area contributed by atoms with Crippen LogP contribution in [0.2, 0.25) is 0 Å². The Morgan fingerprint density at radius 1 is 0.974 bits per heavy atom. The third kappa shape index (κ3) is 4.43. The molecule has 11 heteroatoms. The first kappa shape index (κ1) is 23.3. The molecule has 0 aromatic carbocycles. The third-order valence-electron chi connectivity index (χ3n) is 6.68. The van der Waals surface area contributed by atoms with E-state index in [1.807, 2.05) is 48.5 Å². The van der Waals surface area contributed by atoms with Crippen LogP contribution < -0.4 is 4.90 Å². The van der Waals surface area contributed by atoms with Crippen molar-refractivity contribution in [2.24, 2.45) is 7.05 Å². The Balaban J connectivity index is 1.22. The number of hydrogen-bond donors (Lipinski definition) is 0. The number of imidazole rings is 1. The largest absolute Gasteiger partial charge is 0.352 e. The summed E-state index contributed by atoms with van der Waals surface area (Å²) in [5, 5.41) is 13.9. The van der Waals surface area contributed by atoms with E-state index in [4.69, 9.17) is 4.98 Å². The lowest BCUT2D eigenvalue weighted by molar-refractivity contribution is -0.130. The van der Waals surface area contributed by atoms with E-state index in [0.717, 1.165) is 28.3 Å². The molecular formula is C27H24N10O. The van der Waals surface area contributed by atoms with Gasteiger partial charge in [0.05, 0.1) is 36.9 Å². The number of pyridine rings is 2. The Morgan fingerprint density at radius 3 is 2.53 bits per heavy atom. The molecule has 0 N–H and O–H groups in total. The molecule has 0 aliphatic carbocycles. The van der Waals surface area contributed by atoms with Crippen LogP contribution in [0.1, 0.15) is 11.4 Å². The highest BCUT2D eigenvalue weighted by molar-refractivity contribution is 5.78. The second kappa shape index (κ2) is 9.74. The van der Waals surface area contributed by atoms with Crippen LogP contribution in [0.25, 0.3) is 28.2 Å². The lowest BCUT2D eigenvalue weighted by atomic mass is 10.1. The van der Waals surface area contributed by atoms with E-state index in [2.05, 4.69) is 31.0 Å². The molecule has 0 radical (unpaired) electrons. The van der Waals surface area contributed by atoms with E-state index in [9.17, 15) is 10.1 Å². The molecule has 0 unspecified atom stereocenters. The smallest absolute Gasteiger partial charge is 0.228 e. The zero-order valence-corrected chi connectivity index (χ0v) is 20.8. The predicted octanol–water partition coefficient (Wildman–Crippen LogP) is 2.35. The standard InChI is InChI=1S/C27H24N10O/c1-34-18-20(14-33-34)19-10-24(37-22(13-28)15-31-25(37)11-19)23-16-32-26(17-30-23)35-6-8-36(9-7-35)27(38)12-21-4-2-3-5-29-21/h2-5,10-11,14-18H,6-9,12H2,1H3. The van der Waals surface area contributed by atoms with Gasteiger partial charge in [-0.25, -0.2) is 15.0 Å². The van der Waals surface area contributed by atoms with Gasteiger partial charge in [-0.15, -0.1) is 0 Å². The van der Waals surface area contributed by atoms with Gasteiger partial charge in [0.1, 0.15) is 28.9 Å². The van der Waals surface area contributed by atoms with E-state index < -0.39 is 0 Å². The molecule has 5 aromatic heterocycles. The van der Waals surface area contributed by atoms with Gasteiger partial charge < -0.3 is 9.80 Å². The van der Waals surface area contributed by atoms with Gasteiger partial charge in [0, 0.05) is 56.9 Å². The molecule has 0 spiro atoms. The van der Waals surface area contributed by atoms with Crippen molar-refractivity contribution in [2.75, 3.05) is 31.1 Å². The average Bonchev–Trinajstić information content (AvgIpc) is 3.59. The normalized spacial score (nSPS) is 13.6. The molecule has 1 aliphatic heterocycles. The number of carbonyl (C=O) groups excluding carboxylic acids is 1. The van der Waals surface area contributed by atoms with Gasteiger partial charge in [-0.1, -0.05) is 6.07 Å². The molecule has 6 rings (SSSR count). The summed E-state index contributed by atoms with van der Waals surface area (Å²) < 4.78 is 3.53. The molecule has 38 heavy (non-hydrogen) atoms. The van der Waals surface area contributed by atoms with Gasteiger partial charge in [0.15, 0.2) is 0 Å². The molecule has 1 aliphatic rings. The summed E-state index contributed by atoms with van der Waals surface area (Å²) in [6.07, 6.45) is 10.8. The van der Waals surface area contributed by atoms with Gasteiger partial charge in [-0.05, 0) is 29.8 Å². The Kier molecular flexibility index (Phi) is 5.97. The summed E-state index contributed by atoms with van der Waals surface area (Å²) in [6.45, 7) is 2.57. The third-order valence-corrected chi connectivity index (χ3v) is 6.68. The quantitative estimate of drug-likeness (QED) is 0.358. The second-order valence-corrected chi connectivity index (χ2v) is 9.11. The second-order valence-electron chi connectivity index (χ2n) is 9.11. The van der Waals surface area contributed by atoms with Crippen molar-refractivity contribution in [1.82, 2.24) is 39.0 Å². The Labute approximate surface area is 218 Å². The van der Waals surface area contributed by atoms with Gasteiger partial charge in [0.25, 0.3) is 0 Å². The SMILES string of the molecule is Cn1cc(-c2cc(-c3cnc(N4CCN(C(=O)Cc5ccccn5)CC4)cn3)n3c(C#N)cnc3c2)cn1. The van der Waals surface area contributed by atoms with Gasteiger partial charge in [0.2, 0.25) is 5.91 Å². The van der Waals surface area contributed by atoms with Gasteiger partial charge >= 0.3 is 0 Å². The number of aryl methyl sites for hydroxylation is 1. The van der Waals surface area contributed by atoms with Crippen molar-refractivity contribution < 1.29 is 4.79 Å². The fourth-order valence-electron chi connectivity index (χ4n) is 4.69. The minimum absolute atomic E-state index is 0.0796. The summed E-state index contributed by atoms with van der Waals surface area (Å²) >= 11 is 0. The maximum absolute atomic E-state index is 12.7. The maximum atomic E-state index is 12.7. The summed E-state index contributed by atoms with van der Waals surface area (Å²) in [6, 6.07) is 11.7. The molecule has 11 nitrogen and oxygen atoms in total. The zero-order valence-electron chi connectivity index (χ0n) is 20.8. The van der Waals surface area contributed by atoms with Crippen molar-refractivity contribution in [3.63, 3.8) is 0 Å². The number of fused-ring (bicyclic) bond motifs is 1. The molecule has 188 valence electrons. The summed E-state index contributed by atoms with van der Waals surface area (Å²) in [4.78, 5) is 34.8. The van der Waals surface area contributed by atoms with Gasteiger partial charge in [-0.2, -0.15) is 10.4 Å². The number of anilines is 1. The van der Waals surface area contributed by atoms with E-state index in [1.165, 1.54) is 0 Å². The molecule has 1 saturated heterocycles. The van der Waals surface area contributed by atoms with E-state index in [0.29, 0.717) is 49.6 Å². The van der Waals surface area contributed by atoms with Crippen molar-refractivity contribution in [1.29, 1.82) is 5.26 Å². The van der Waals surface area contributed by atoms with Crippen molar-refractivity contribution in [3.05, 3.63) is 78.9 Å². The van der Waals surface area contributed by atoms with Crippen molar-refractivity contribution in [3.8, 4) is 28.6 Å². The lowest BCUT2D eigenvalue weighted by Gasteiger charge is -2.35. The number of nitriles is 1. The van der Waals surface area contributed by atoms with E-state index in [1.54, 1.807) is 40.1 Å². The zero-order chi connectivity index (χ0) is 26.1. The minimum atomic E-state index is 0.0796. The summed E-state index contributed by atoms with van der Waals surface area (Å²) in [5.74, 6) is 0.826. The van der Waals surface area contributed by atoms with Gasteiger partial charge in [-0.3, -0.25) is 18.9 Å². The van der Waals surface area contributed by atoms with Crippen LogP contribution in [0.4, 0.5) is 5.82 Å². The molecule has 6 heterocycles. The average molecular weight is 505 g/mol. The van der Waals surface area contributed by atoms with E-state index in [-0.39, 0.29) is 5.91 Å². The van der Waals surface area contributed by atoms with E-state index >= 15 is 0 Å². The number of piperazine rings is 1. The molecule has 0 saturated carbocycles. The Hall–Kier alpha value is -5.11. The molecular weight excluding hydrogens is 480 g/mol. The predicted molar refractivity (Wildman–Crippen MR) is 140 cm³/mol. The van der Waals surface area contributed by atoms with Crippen LogP contribution in [-0.4, -0.2) is 71.1 Å².